The molecule has 0 atom stereocenters. The van der Waals surface area contributed by atoms with E-state index in [0.29, 0.717) is 22.9 Å². The Bertz CT molecular complexity index is 959. The minimum atomic E-state index is -0.396. The third-order valence-electron chi connectivity index (χ3n) is 4.06. The van der Waals surface area contributed by atoms with Gasteiger partial charge < -0.3 is 9.32 Å². The molecule has 0 aliphatic rings. The highest BCUT2D eigenvalue weighted by Crippen LogP contribution is 2.24. The third-order valence-corrected chi connectivity index (χ3v) is 4.06. The molecule has 2 aromatic heterocycles. The Morgan fingerprint density at radius 3 is 2.48 bits per heavy atom. The van der Waals surface area contributed by atoms with Gasteiger partial charge in [0.2, 0.25) is 11.8 Å². The highest BCUT2D eigenvalue weighted by Gasteiger charge is 2.27. The fourth-order valence-electron chi connectivity index (χ4n) is 2.54. The molecule has 3 rings (SSSR count). The second kappa shape index (κ2) is 7.45. The Balaban J connectivity index is 1.96. The number of aryl methyl sites for hydroxylation is 2. The molecule has 0 aliphatic heterocycles. The summed E-state index contributed by atoms with van der Waals surface area (Å²) in [5.74, 6) is 0.113. The lowest BCUT2D eigenvalue weighted by molar-refractivity contribution is -0.127. The summed E-state index contributed by atoms with van der Waals surface area (Å²) in [6.45, 7) is 1.58. The average molecular weight is 367 g/mol. The molecule has 0 bridgehead atoms. The first-order valence-electron chi connectivity index (χ1n) is 8.40. The number of aromatic nitrogens is 3. The number of anilines is 1. The Kier molecular flexibility index (Phi) is 5.07. The van der Waals surface area contributed by atoms with E-state index < -0.39 is 5.91 Å². The van der Waals surface area contributed by atoms with Crippen LogP contribution in [0.25, 0.3) is 11.5 Å². The maximum atomic E-state index is 13.2. The average Bonchev–Trinajstić information content (AvgIpc) is 3.25. The molecule has 140 valence electrons. The van der Waals surface area contributed by atoms with Gasteiger partial charge in [-0.1, -0.05) is 18.2 Å². The van der Waals surface area contributed by atoms with Crippen LogP contribution in [0.3, 0.4) is 0 Å². The summed E-state index contributed by atoms with van der Waals surface area (Å²) in [5.41, 5.74) is 1.46. The molecule has 0 spiro atoms. The number of hydrogen-bond acceptors (Lipinski definition) is 5. The van der Waals surface area contributed by atoms with Gasteiger partial charge in [0.1, 0.15) is 12.3 Å². The van der Waals surface area contributed by atoms with E-state index in [1.807, 2.05) is 18.2 Å². The first kappa shape index (κ1) is 18.4. The standard InChI is InChI=1S/C19H21N5O3/c1-13-17(21-18(27-13)14-10-20-23(4)11-14)19(26)24(12-16(25)22(2)3)15-8-6-5-7-9-15/h5-11H,12H2,1-4H3. The molecular formula is C19H21N5O3. The van der Waals surface area contributed by atoms with Crippen molar-refractivity contribution in [2.24, 2.45) is 7.05 Å². The van der Waals surface area contributed by atoms with Gasteiger partial charge in [-0.2, -0.15) is 5.10 Å². The summed E-state index contributed by atoms with van der Waals surface area (Å²) in [4.78, 5) is 32.6. The highest BCUT2D eigenvalue weighted by molar-refractivity contribution is 6.08. The van der Waals surface area contributed by atoms with Crippen molar-refractivity contribution >= 4 is 17.5 Å². The maximum Gasteiger partial charge on any atom is 0.281 e. The SMILES string of the molecule is Cc1oc(-c2cnn(C)c2)nc1C(=O)N(CC(=O)N(C)C)c1ccccc1. The summed E-state index contributed by atoms with van der Waals surface area (Å²) >= 11 is 0. The molecule has 2 heterocycles. The lowest BCUT2D eigenvalue weighted by Crippen LogP contribution is -2.40. The van der Waals surface area contributed by atoms with Gasteiger partial charge in [-0.05, 0) is 19.1 Å². The van der Waals surface area contributed by atoms with Crippen LogP contribution in [0.2, 0.25) is 0 Å². The second-order valence-electron chi connectivity index (χ2n) is 6.34. The second-order valence-corrected chi connectivity index (χ2v) is 6.34. The minimum absolute atomic E-state index is 0.0929. The molecule has 0 radical (unpaired) electrons. The minimum Gasteiger partial charge on any atom is -0.440 e. The van der Waals surface area contributed by atoms with Crippen LogP contribution in [0.15, 0.2) is 47.1 Å². The molecular weight excluding hydrogens is 346 g/mol. The van der Waals surface area contributed by atoms with Crippen LogP contribution in [0.4, 0.5) is 5.69 Å². The Morgan fingerprint density at radius 2 is 1.89 bits per heavy atom. The van der Waals surface area contributed by atoms with Crippen molar-refractivity contribution in [3.63, 3.8) is 0 Å². The van der Waals surface area contributed by atoms with Gasteiger partial charge >= 0.3 is 0 Å². The summed E-state index contributed by atoms with van der Waals surface area (Å²) in [7, 11) is 5.09. The van der Waals surface area contributed by atoms with Crippen LogP contribution < -0.4 is 4.90 Å². The predicted octanol–water partition coefficient (Wildman–Crippen LogP) is 2.12. The van der Waals surface area contributed by atoms with Gasteiger partial charge in [0, 0.05) is 33.0 Å². The van der Waals surface area contributed by atoms with Crippen LogP contribution >= 0.6 is 0 Å². The summed E-state index contributed by atoms with van der Waals surface area (Å²) < 4.78 is 7.29. The molecule has 0 saturated heterocycles. The van der Waals surface area contributed by atoms with Gasteiger partial charge in [-0.3, -0.25) is 19.2 Å². The predicted molar refractivity (Wildman–Crippen MR) is 100 cm³/mol. The number of amides is 2. The number of para-hydroxylation sites is 1. The number of rotatable bonds is 5. The zero-order valence-electron chi connectivity index (χ0n) is 15.7. The van der Waals surface area contributed by atoms with E-state index in [2.05, 4.69) is 10.1 Å². The van der Waals surface area contributed by atoms with Crippen molar-refractivity contribution in [2.75, 3.05) is 25.5 Å². The molecule has 3 aromatic rings. The molecule has 27 heavy (non-hydrogen) atoms. The number of benzene rings is 1. The normalized spacial score (nSPS) is 10.7. The molecule has 0 saturated carbocycles. The van der Waals surface area contributed by atoms with E-state index in [1.165, 1.54) is 9.80 Å². The fraction of sp³-hybridized carbons (Fsp3) is 0.263. The molecule has 0 aliphatic carbocycles. The summed E-state index contributed by atoms with van der Waals surface area (Å²) in [5, 5.41) is 4.09. The van der Waals surface area contributed by atoms with E-state index in [9.17, 15) is 9.59 Å². The van der Waals surface area contributed by atoms with Crippen LogP contribution in [0.5, 0.6) is 0 Å². The van der Waals surface area contributed by atoms with Crippen LogP contribution in [-0.2, 0) is 11.8 Å². The summed E-state index contributed by atoms with van der Waals surface area (Å²) in [6.07, 6.45) is 3.37. The largest absolute Gasteiger partial charge is 0.440 e. The number of carbonyl (C=O) groups is 2. The monoisotopic (exact) mass is 367 g/mol. The molecule has 2 amide bonds. The van der Waals surface area contributed by atoms with Crippen LogP contribution in [-0.4, -0.2) is 52.1 Å². The Hall–Kier alpha value is -3.42. The van der Waals surface area contributed by atoms with Crippen molar-refractivity contribution in [2.45, 2.75) is 6.92 Å². The smallest absolute Gasteiger partial charge is 0.281 e. The van der Waals surface area contributed by atoms with E-state index >= 15 is 0 Å². The van der Waals surface area contributed by atoms with Gasteiger partial charge in [0.15, 0.2) is 5.69 Å². The Morgan fingerprint density at radius 1 is 1.19 bits per heavy atom. The van der Waals surface area contributed by atoms with E-state index in [1.54, 1.807) is 57.3 Å². The van der Waals surface area contributed by atoms with Crippen molar-refractivity contribution in [1.29, 1.82) is 0 Å². The number of hydrogen-bond donors (Lipinski definition) is 0. The Labute approximate surface area is 157 Å². The van der Waals surface area contributed by atoms with Crippen molar-refractivity contribution in [3.05, 3.63) is 54.2 Å². The van der Waals surface area contributed by atoms with Crippen molar-refractivity contribution in [1.82, 2.24) is 19.7 Å². The molecule has 8 heteroatoms. The molecule has 0 fully saturated rings. The van der Waals surface area contributed by atoms with E-state index in [4.69, 9.17) is 4.42 Å². The van der Waals surface area contributed by atoms with Crippen LogP contribution in [0.1, 0.15) is 16.2 Å². The number of oxazole rings is 1. The molecule has 8 nitrogen and oxygen atoms in total. The first-order chi connectivity index (χ1) is 12.9. The quantitative estimate of drug-likeness (QED) is 0.690. The van der Waals surface area contributed by atoms with Gasteiger partial charge in [-0.15, -0.1) is 0 Å². The maximum absolute atomic E-state index is 13.2. The van der Waals surface area contributed by atoms with Gasteiger partial charge in [0.05, 0.1) is 11.8 Å². The van der Waals surface area contributed by atoms with Crippen molar-refractivity contribution in [3.8, 4) is 11.5 Å². The topological polar surface area (TPSA) is 84.5 Å². The fourth-order valence-corrected chi connectivity index (χ4v) is 2.54. The van der Waals surface area contributed by atoms with Crippen molar-refractivity contribution < 1.29 is 14.0 Å². The zero-order valence-corrected chi connectivity index (χ0v) is 15.7. The molecule has 0 N–H and O–H groups in total. The summed E-state index contributed by atoms with van der Waals surface area (Å²) in [6, 6.07) is 9.03. The highest BCUT2D eigenvalue weighted by atomic mass is 16.4. The third kappa shape index (κ3) is 3.89. The number of carbonyl (C=O) groups excluding carboxylic acids is 2. The number of likely N-dealkylation sites (N-methyl/N-ethyl adjacent to an activating group) is 1. The number of nitrogens with zero attached hydrogens (tertiary/aromatic N) is 5. The van der Waals surface area contributed by atoms with E-state index in [0.717, 1.165) is 0 Å². The van der Waals surface area contributed by atoms with Crippen LogP contribution in [0, 0.1) is 6.92 Å². The zero-order chi connectivity index (χ0) is 19.6. The lowest BCUT2D eigenvalue weighted by Gasteiger charge is -2.23. The lowest BCUT2D eigenvalue weighted by atomic mass is 10.2. The van der Waals surface area contributed by atoms with Gasteiger partial charge in [-0.25, -0.2) is 4.98 Å². The molecule has 0 unspecified atom stereocenters. The molecule has 1 aromatic carbocycles. The van der Waals surface area contributed by atoms with E-state index in [-0.39, 0.29) is 18.1 Å². The first-order valence-corrected chi connectivity index (χ1v) is 8.40. The van der Waals surface area contributed by atoms with Gasteiger partial charge in [0.25, 0.3) is 5.91 Å².